The molecule has 0 amide bonds. The van der Waals surface area contributed by atoms with Gasteiger partial charge in [0.05, 0.1) is 20.3 Å². The van der Waals surface area contributed by atoms with E-state index in [0.717, 1.165) is 18.2 Å². The van der Waals surface area contributed by atoms with E-state index in [1.165, 1.54) is 19.2 Å². The fraction of sp³-hybridized carbons (Fsp3) is 0.464. The van der Waals surface area contributed by atoms with Crippen molar-refractivity contribution in [2.24, 2.45) is 0 Å². The molecular formula is C28H32O17. The first-order valence-corrected chi connectivity index (χ1v) is 13.6. The molecule has 3 aromatic rings. The summed E-state index contributed by atoms with van der Waals surface area (Å²) in [5.41, 5.74) is -1.34. The Morgan fingerprint density at radius 3 is 1.84 bits per heavy atom. The highest BCUT2D eigenvalue weighted by atomic mass is 16.7. The van der Waals surface area contributed by atoms with Gasteiger partial charge in [-0.2, -0.15) is 0 Å². The number of ether oxygens (including phenoxy) is 5. The quantitative estimate of drug-likeness (QED) is 0.119. The maximum atomic E-state index is 13.8. The molecule has 0 radical (unpaired) electrons. The molecule has 0 bridgehead atoms. The summed E-state index contributed by atoms with van der Waals surface area (Å²) in [6, 6.07) is 5.91. The van der Waals surface area contributed by atoms with Crippen molar-refractivity contribution in [2.75, 3.05) is 20.3 Å². The van der Waals surface area contributed by atoms with Crippen molar-refractivity contribution in [3.63, 3.8) is 0 Å². The van der Waals surface area contributed by atoms with E-state index < -0.39 is 96.9 Å². The first-order chi connectivity index (χ1) is 21.4. The average Bonchev–Trinajstić information content (AvgIpc) is 3.02. The van der Waals surface area contributed by atoms with Crippen LogP contribution in [0.2, 0.25) is 0 Å². The number of phenolic OH excluding ortho intramolecular Hbond substituents is 2. The van der Waals surface area contributed by atoms with E-state index in [1.54, 1.807) is 0 Å². The van der Waals surface area contributed by atoms with E-state index in [4.69, 9.17) is 28.1 Å². The zero-order valence-corrected chi connectivity index (χ0v) is 23.4. The highest BCUT2D eigenvalue weighted by Crippen LogP contribution is 2.40. The van der Waals surface area contributed by atoms with Crippen molar-refractivity contribution in [1.29, 1.82) is 0 Å². The second-order valence-electron chi connectivity index (χ2n) is 10.4. The summed E-state index contributed by atoms with van der Waals surface area (Å²) in [4.78, 5) is 13.8. The maximum Gasteiger partial charge on any atom is 0.239 e. The molecular weight excluding hydrogens is 608 g/mol. The third-order valence-electron chi connectivity index (χ3n) is 7.53. The SMILES string of the molecule is COc1ccc(-c2oc3cc(O[C@@H]4O[C@@H](CO)[C@H](O)[C@@H](O)[C@H]4O)cc(O)c3c(=O)c2O[C@H]2O[C@@H](CO)[C@H](O)[C@@H](O)[C@@H]2O)cc1O. The average molecular weight is 641 g/mol. The van der Waals surface area contributed by atoms with Crippen LogP contribution in [0.1, 0.15) is 0 Å². The lowest BCUT2D eigenvalue weighted by atomic mass is 9.99. The Labute approximate surface area is 252 Å². The minimum Gasteiger partial charge on any atom is -0.507 e. The fourth-order valence-corrected chi connectivity index (χ4v) is 5.03. The van der Waals surface area contributed by atoms with Crippen molar-refractivity contribution in [3.8, 4) is 40.1 Å². The van der Waals surface area contributed by atoms with Crippen molar-refractivity contribution in [3.05, 3.63) is 40.6 Å². The summed E-state index contributed by atoms with van der Waals surface area (Å²) in [6.45, 7) is -1.51. The number of benzene rings is 2. The lowest BCUT2D eigenvalue weighted by Crippen LogP contribution is -2.60. The van der Waals surface area contributed by atoms with Gasteiger partial charge in [0.15, 0.2) is 17.3 Å². The largest absolute Gasteiger partial charge is 0.507 e. The zero-order chi connectivity index (χ0) is 32.7. The molecule has 0 saturated carbocycles. The van der Waals surface area contributed by atoms with E-state index in [1.807, 2.05) is 0 Å². The zero-order valence-electron chi connectivity index (χ0n) is 23.4. The van der Waals surface area contributed by atoms with E-state index in [9.17, 15) is 55.9 Å². The lowest BCUT2D eigenvalue weighted by Gasteiger charge is -2.39. The number of hydrogen-bond donors (Lipinski definition) is 10. The number of aliphatic hydroxyl groups is 8. The molecule has 2 saturated heterocycles. The van der Waals surface area contributed by atoms with Crippen LogP contribution in [0, 0.1) is 0 Å². The number of fused-ring (bicyclic) bond motifs is 1. The van der Waals surface area contributed by atoms with Crippen LogP contribution < -0.4 is 19.6 Å². The molecule has 2 aliphatic heterocycles. The van der Waals surface area contributed by atoms with Crippen molar-refractivity contribution in [1.82, 2.24) is 0 Å². The second-order valence-corrected chi connectivity index (χ2v) is 10.4. The molecule has 17 heteroatoms. The summed E-state index contributed by atoms with van der Waals surface area (Å²) in [7, 11) is 1.30. The van der Waals surface area contributed by atoms with Crippen LogP contribution >= 0.6 is 0 Å². The molecule has 0 unspecified atom stereocenters. The van der Waals surface area contributed by atoms with E-state index in [0.29, 0.717) is 0 Å². The standard InChI is InChI=1S/C28H32O17/c1-40-13-3-2-9(4-11(13)31)25-26(45-28-24(39)22(37)19(34)16(8-30)44-28)20(35)17-12(32)5-10(6-14(17)42-25)41-27-23(38)21(36)18(33)15(7-29)43-27/h2-6,15-16,18-19,21-24,27-34,36-39H,7-8H2,1H3/t15-,16-,18-,19-,21+,22+,23+,24-,27+,28+/m0/s1. The van der Waals surface area contributed by atoms with Gasteiger partial charge in [-0.15, -0.1) is 0 Å². The van der Waals surface area contributed by atoms with E-state index in [-0.39, 0.29) is 34.2 Å². The van der Waals surface area contributed by atoms with Crippen LogP contribution in [0.25, 0.3) is 22.3 Å². The van der Waals surface area contributed by atoms with Crippen LogP contribution in [0.3, 0.4) is 0 Å². The topological polar surface area (TPSA) is 279 Å². The molecule has 17 nitrogen and oxygen atoms in total. The Bertz CT molecular complexity index is 1570. The van der Waals surface area contributed by atoms with Gasteiger partial charge in [-0.25, -0.2) is 0 Å². The summed E-state index contributed by atoms with van der Waals surface area (Å²) in [6.07, 6.45) is -16.8. The van der Waals surface area contributed by atoms with Crippen LogP contribution in [0.5, 0.6) is 28.7 Å². The third kappa shape index (κ3) is 5.98. The molecule has 0 spiro atoms. The van der Waals surface area contributed by atoms with Gasteiger partial charge < -0.3 is 79.2 Å². The molecule has 0 aliphatic carbocycles. The van der Waals surface area contributed by atoms with Gasteiger partial charge in [-0.3, -0.25) is 4.79 Å². The minimum atomic E-state index is -1.92. The van der Waals surface area contributed by atoms with Gasteiger partial charge in [-0.05, 0) is 18.2 Å². The molecule has 2 aliphatic rings. The number of aliphatic hydroxyl groups excluding tert-OH is 8. The number of hydrogen-bond acceptors (Lipinski definition) is 17. The molecule has 246 valence electrons. The van der Waals surface area contributed by atoms with E-state index in [2.05, 4.69) is 0 Å². The Morgan fingerprint density at radius 2 is 1.31 bits per heavy atom. The summed E-state index contributed by atoms with van der Waals surface area (Å²) in [5.74, 6) is -2.35. The highest BCUT2D eigenvalue weighted by molar-refractivity contribution is 5.88. The predicted molar refractivity (Wildman–Crippen MR) is 147 cm³/mol. The first kappa shape index (κ1) is 32.6. The van der Waals surface area contributed by atoms with E-state index >= 15 is 0 Å². The van der Waals surface area contributed by atoms with Crippen LogP contribution in [0.15, 0.2) is 39.5 Å². The molecule has 1 aromatic heterocycles. The van der Waals surface area contributed by atoms with Gasteiger partial charge in [0.1, 0.15) is 71.3 Å². The number of methoxy groups -OCH3 is 1. The van der Waals surface area contributed by atoms with Gasteiger partial charge >= 0.3 is 0 Å². The Morgan fingerprint density at radius 1 is 0.733 bits per heavy atom. The summed E-state index contributed by atoms with van der Waals surface area (Å²) < 4.78 is 32.9. The fourth-order valence-electron chi connectivity index (χ4n) is 5.03. The second kappa shape index (κ2) is 12.9. The maximum absolute atomic E-state index is 13.8. The third-order valence-corrected chi connectivity index (χ3v) is 7.53. The summed E-state index contributed by atoms with van der Waals surface area (Å²) in [5, 5.41) is 101. The number of phenols is 2. The van der Waals surface area contributed by atoms with Gasteiger partial charge in [0.2, 0.25) is 23.8 Å². The Kier molecular flexibility index (Phi) is 9.38. The van der Waals surface area contributed by atoms with Crippen molar-refractivity contribution < 1.29 is 79.2 Å². The Balaban J connectivity index is 1.61. The van der Waals surface area contributed by atoms with Crippen LogP contribution in [-0.4, -0.2) is 133 Å². The van der Waals surface area contributed by atoms with Crippen LogP contribution in [0.4, 0.5) is 0 Å². The normalized spacial score (nSPS) is 31.9. The van der Waals surface area contributed by atoms with Crippen molar-refractivity contribution >= 4 is 11.0 Å². The predicted octanol–water partition coefficient (Wildman–Crippen LogP) is -2.76. The smallest absolute Gasteiger partial charge is 0.239 e. The minimum absolute atomic E-state index is 0.0200. The summed E-state index contributed by atoms with van der Waals surface area (Å²) >= 11 is 0. The van der Waals surface area contributed by atoms with Crippen LogP contribution in [-0.2, 0) is 9.47 Å². The highest BCUT2D eigenvalue weighted by Gasteiger charge is 2.46. The van der Waals surface area contributed by atoms with Gasteiger partial charge in [-0.1, -0.05) is 0 Å². The van der Waals surface area contributed by atoms with Gasteiger partial charge in [0, 0.05) is 17.7 Å². The molecule has 10 N–H and O–H groups in total. The number of aromatic hydroxyl groups is 2. The lowest BCUT2D eigenvalue weighted by molar-refractivity contribution is -0.277. The molecule has 5 rings (SSSR count). The monoisotopic (exact) mass is 640 g/mol. The molecule has 2 aromatic carbocycles. The molecule has 2 fully saturated rings. The molecule has 45 heavy (non-hydrogen) atoms. The molecule has 10 atom stereocenters. The first-order valence-electron chi connectivity index (χ1n) is 13.6. The van der Waals surface area contributed by atoms with Gasteiger partial charge in [0.25, 0.3) is 0 Å². The molecule has 3 heterocycles. The number of rotatable bonds is 8. The van der Waals surface area contributed by atoms with Crippen molar-refractivity contribution in [2.45, 2.75) is 61.4 Å². The Hall–Kier alpha value is -3.75.